The van der Waals surface area contributed by atoms with Crippen LogP contribution in [0.3, 0.4) is 0 Å². The molecule has 1 heterocycles. The number of aryl methyl sites for hydroxylation is 1. The van der Waals surface area contributed by atoms with Gasteiger partial charge in [-0.3, -0.25) is 0 Å². The second-order valence-electron chi connectivity index (χ2n) is 7.85. The Hall–Kier alpha value is -2.27. The Balaban J connectivity index is 1.25. The first-order valence-electron chi connectivity index (χ1n) is 10.2. The van der Waals surface area contributed by atoms with Gasteiger partial charge in [0.15, 0.2) is 0 Å². The smallest absolute Gasteiger partial charge is 0.137 e. The number of aliphatic hydroxyl groups excluding tert-OH is 1. The van der Waals surface area contributed by atoms with E-state index in [0.29, 0.717) is 13.2 Å². The van der Waals surface area contributed by atoms with E-state index in [1.165, 1.54) is 16.0 Å². The van der Waals surface area contributed by atoms with Crippen LogP contribution in [0.25, 0.3) is 10.8 Å². The van der Waals surface area contributed by atoms with Crippen molar-refractivity contribution in [1.82, 2.24) is 0 Å². The van der Waals surface area contributed by atoms with E-state index in [0.717, 1.165) is 47.9 Å². The predicted octanol–water partition coefficient (Wildman–Crippen LogP) is 2.95. The normalized spacial score (nSPS) is 16.2. The van der Waals surface area contributed by atoms with Gasteiger partial charge in [-0.1, -0.05) is 48.0 Å². The van der Waals surface area contributed by atoms with Gasteiger partial charge >= 0.3 is 0 Å². The quantitative estimate of drug-likeness (QED) is 0.654. The highest BCUT2D eigenvalue weighted by atomic mass is 35.5. The Kier molecular flexibility index (Phi) is 6.24. The number of anilines is 1. The number of nitrogens with zero attached hydrogens (tertiary/aromatic N) is 1. The van der Waals surface area contributed by atoms with E-state index in [4.69, 9.17) is 16.3 Å². The van der Waals surface area contributed by atoms with Crippen LogP contribution in [0.4, 0.5) is 5.69 Å². The standard InChI is InChI=1S/C24H27ClN2O2/c1-18-6-8-21(15-24(18)25)27-12-10-26(11-13-27)16-22(28)17-29-23-9-7-19-4-2-3-5-20(19)14-23/h2-9,14-15,22,28H,10-13,16-17H2,1H3/p+1/t22-/m1/s1. The van der Waals surface area contributed by atoms with Crippen LogP contribution in [0, 0.1) is 6.92 Å². The molecule has 29 heavy (non-hydrogen) atoms. The molecule has 2 N–H and O–H groups in total. The molecule has 1 saturated heterocycles. The van der Waals surface area contributed by atoms with Gasteiger partial charge in [0.1, 0.15) is 25.0 Å². The average molecular weight is 412 g/mol. The molecule has 152 valence electrons. The van der Waals surface area contributed by atoms with E-state index in [2.05, 4.69) is 35.2 Å². The topological polar surface area (TPSA) is 37.1 Å². The van der Waals surface area contributed by atoms with E-state index >= 15 is 0 Å². The summed E-state index contributed by atoms with van der Waals surface area (Å²) in [5, 5.41) is 13.6. The maximum absolute atomic E-state index is 10.4. The van der Waals surface area contributed by atoms with E-state index in [-0.39, 0.29) is 0 Å². The third kappa shape index (κ3) is 5.02. The Morgan fingerprint density at radius 1 is 1.03 bits per heavy atom. The molecule has 0 spiro atoms. The van der Waals surface area contributed by atoms with Crippen LogP contribution in [-0.2, 0) is 0 Å². The first kappa shape index (κ1) is 20.0. The van der Waals surface area contributed by atoms with Crippen molar-refractivity contribution in [3.05, 3.63) is 71.2 Å². The highest BCUT2D eigenvalue weighted by molar-refractivity contribution is 6.31. The molecular weight excluding hydrogens is 384 g/mol. The monoisotopic (exact) mass is 411 g/mol. The molecule has 0 unspecified atom stereocenters. The zero-order valence-corrected chi connectivity index (χ0v) is 17.5. The molecule has 0 radical (unpaired) electrons. The summed E-state index contributed by atoms with van der Waals surface area (Å²) in [6.45, 7) is 6.97. The predicted molar refractivity (Wildman–Crippen MR) is 119 cm³/mol. The number of piperazine rings is 1. The van der Waals surface area contributed by atoms with Crippen molar-refractivity contribution in [1.29, 1.82) is 0 Å². The lowest BCUT2D eigenvalue weighted by Crippen LogP contribution is -3.16. The van der Waals surface area contributed by atoms with Crippen molar-refractivity contribution in [3.8, 4) is 5.75 Å². The van der Waals surface area contributed by atoms with Gasteiger partial charge < -0.3 is 19.6 Å². The summed E-state index contributed by atoms with van der Waals surface area (Å²) in [4.78, 5) is 3.78. The summed E-state index contributed by atoms with van der Waals surface area (Å²) in [6.07, 6.45) is -0.475. The highest BCUT2D eigenvalue weighted by Crippen LogP contribution is 2.23. The lowest BCUT2D eigenvalue weighted by molar-refractivity contribution is -0.903. The van der Waals surface area contributed by atoms with Crippen LogP contribution in [0.1, 0.15) is 5.56 Å². The lowest BCUT2D eigenvalue weighted by atomic mass is 10.1. The summed E-state index contributed by atoms with van der Waals surface area (Å²) < 4.78 is 5.84. The molecule has 0 amide bonds. The fourth-order valence-electron chi connectivity index (χ4n) is 3.91. The molecule has 1 aliphatic heterocycles. The van der Waals surface area contributed by atoms with Crippen LogP contribution in [0.2, 0.25) is 5.02 Å². The van der Waals surface area contributed by atoms with E-state index in [9.17, 15) is 5.11 Å². The Morgan fingerprint density at radius 3 is 2.55 bits per heavy atom. The minimum absolute atomic E-state index is 0.319. The van der Waals surface area contributed by atoms with Crippen LogP contribution < -0.4 is 14.5 Å². The molecule has 4 nitrogen and oxygen atoms in total. The number of quaternary nitrogens is 1. The van der Waals surface area contributed by atoms with Crippen molar-refractivity contribution >= 4 is 28.1 Å². The van der Waals surface area contributed by atoms with E-state index in [1.807, 2.05) is 37.3 Å². The number of benzene rings is 3. The number of fused-ring (bicyclic) bond motifs is 1. The molecule has 1 atom stereocenters. The van der Waals surface area contributed by atoms with Gasteiger partial charge in [0.05, 0.1) is 26.2 Å². The summed E-state index contributed by atoms with van der Waals surface area (Å²) in [7, 11) is 0. The molecule has 0 bridgehead atoms. The van der Waals surface area contributed by atoms with Crippen molar-refractivity contribution < 1.29 is 14.7 Å². The van der Waals surface area contributed by atoms with Crippen molar-refractivity contribution in [2.45, 2.75) is 13.0 Å². The first-order chi connectivity index (χ1) is 14.1. The largest absolute Gasteiger partial charge is 0.491 e. The maximum atomic E-state index is 10.4. The second-order valence-corrected chi connectivity index (χ2v) is 8.26. The number of halogens is 1. The zero-order valence-electron chi connectivity index (χ0n) is 16.8. The highest BCUT2D eigenvalue weighted by Gasteiger charge is 2.23. The van der Waals surface area contributed by atoms with Crippen molar-refractivity contribution in [2.75, 3.05) is 44.2 Å². The number of nitrogens with one attached hydrogen (secondary N) is 1. The molecule has 1 fully saturated rings. The average Bonchev–Trinajstić information content (AvgIpc) is 2.75. The molecule has 3 aromatic carbocycles. The number of aliphatic hydroxyl groups is 1. The first-order valence-corrected chi connectivity index (χ1v) is 10.6. The van der Waals surface area contributed by atoms with E-state index in [1.54, 1.807) is 0 Å². The fraction of sp³-hybridized carbons (Fsp3) is 0.333. The molecule has 1 aliphatic rings. The third-order valence-electron chi connectivity index (χ3n) is 5.68. The third-order valence-corrected chi connectivity index (χ3v) is 6.09. The van der Waals surface area contributed by atoms with Crippen LogP contribution in [0.15, 0.2) is 60.7 Å². The second kappa shape index (κ2) is 9.04. The van der Waals surface area contributed by atoms with Crippen LogP contribution >= 0.6 is 11.6 Å². The molecular formula is C24H28ClN2O2+. The minimum atomic E-state index is -0.475. The Bertz CT molecular complexity index is 970. The van der Waals surface area contributed by atoms with Crippen LogP contribution in [-0.4, -0.2) is 50.5 Å². The fourth-order valence-corrected chi connectivity index (χ4v) is 4.08. The zero-order chi connectivity index (χ0) is 20.2. The molecule has 4 rings (SSSR count). The number of rotatable bonds is 6. The van der Waals surface area contributed by atoms with Gasteiger partial charge in [-0.2, -0.15) is 0 Å². The number of hydrogen-bond acceptors (Lipinski definition) is 3. The van der Waals surface area contributed by atoms with Gasteiger partial charge in [0.25, 0.3) is 0 Å². The summed E-state index contributed by atoms with van der Waals surface area (Å²) in [5.74, 6) is 0.804. The number of ether oxygens (including phenoxy) is 1. The van der Waals surface area contributed by atoms with Gasteiger partial charge in [0, 0.05) is 10.7 Å². The van der Waals surface area contributed by atoms with Gasteiger partial charge in [0.2, 0.25) is 0 Å². The van der Waals surface area contributed by atoms with Crippen molar-refractivity contribution in [2.24, 2.45) is 0 Å². The van der Waals surface area contributed by atoms with Crippen LogP contribution in [0.5, 0.6) is 5.75 Å². The molecule has 5 heteroatoms. The summed E-state index contributed by atoms with van der Waals surface area (Å²) in [5.41, 5.74) is 2.29. The molecule has 0 aromatic heterocycles. The summed E-state index contributed by atoms with van der Waals surface area (Å²) in [6, 6.07) is 20.5. The van der Waals surface area contributed by atoms with Gasteiger partial charge in [-0.15, -0.1) is 0 Å². The number of hydrogen-bond donors (Lipinski definition) is 2. The molecule has 0 aliphatic carbocycles. The minimum Gasteiger partial charge on any atom is -0.491 e. The maximum Gasteiger partial charge on any atom is 0.137 e. The summed E-state index contributed by atoms with van der Waals surface area (Å²) >= 11 is 6.27. The molecule has 0 saturated carbocycles. The van der Waals surface area contributed by atoms with Gasteiger partial charge in [-0.05, 0) is 47.5 Å². The molecule has 3 aromatic rings. The lowest BCUT2D eigenvalue weighted by Gasteiger charge is -2.34. The SMILES string of the molecule is Cc1ccc(N2CC[NH+](C[C@@H](O)COc3ccc4ccccc4c3)CC2)cc1Cl. The van der Waals surface area contributed by atoms with Crippen molar-refractivity contribution in [3.63, 3.8) is 0 Å². The Labute approximate surface area is 177 Å². The van der Waals surface area contributed by atoms with Gasteiger partial charge in [-0.25, -0.2) is 0 Å². The van der Waals surface area contributed by atoms with E-state index < -0.39 is 6.10 Å². The Morgan fingerprint density at radius 2 is 1.79 bits per heavy atom.